The molecule has 0 radical (unpaired) electrons. The summed E-state index contributed by atoms with van der Waals surface area (Å²) >= 11 is 0. The molecule has 2 saturated carbocycles. The quantitative estimate of drug-likeness (QED) is 0.584. The van der Waals surface area contributed by atoms with E-state index in [0.29, 0.717) is 11.8 Å². The summed E-state index contributed by atoms with van der Waals surface area (Å²) in [6.07, 6.45) is 7.54. The lowest BCUT2D eigenvalue weighted by Gasteiger charge is -2.59. The van der Waals surface area contributed by atoms with Crippen LogP contribution in [0.4, 0.5) is 0 Å². The smallest absolute Gasteiger partial charge is 0.303 e. The van der Waals surface area contributed by atoms with Crippen LogP contribution in [-0.2, 0) is 19.1 Å². The molecule has 3 aliphatic rings. The Morgan fingerprint density at radius 2 is 2.00 bits per heavy atom. The van der Waals surface area contributed by atoms with Crippen LogP contribution in [0.25, 0.3) is 0 Å². The maximum atomic E-state index is 11.4. The Labute approximate surface area is 118 Å². The molecule has 0 aliphatic heterocycles. The van der Waals surface area contributed by atoms with E-state index in [-0.39, 0.29) is 35.5 Å². The van der Waals surface area contributed by atoms with Crippen LogP contribution in [0.3, 0.4) is 0 Å². The van der Waals surface area contributed by atoms with E-state index in [1.165, 1.54) is 13.8 Å². The van der Waals surface area contributed by atoms with E-state index in [1.807, 2.05) is 6.08 Å². The normalized spacial score (nSPS) is 43.6. The van der Waals surface area contributed by atoms with Crippen LogP contribution >= 0.6 is 0 Å². The molecule has 0 amide bonds. The first-order valence-corrected chi connectivity index (χ1v) is 7.14. The van der Waals surface area contributed by atoms with Crippen LogP contribution in [0.2, 0.25) is 0 Å². The van der Waals surface area contributed by atoms with Gasteiger partial charge in [0.2, 0.25) is 0 Å². The molecule has 0 aromatic rings. The van der Waals surface area contributed by atoms with E-state index in [0.717, 1.165) is 12.8 Å². The first kappa shape index (κ1) is 13.4. The Balaban J connectivity index is 1.94. The van der Waals surface area contributed by atoms with Crippen molar-refractivity contribution in [1.29, 1.82) is 0 Å². The molecule has 2 bridgehead atoms. The van der Waals surface area contributed by atoms with E-state index >= 15 is 0 Å². The fourth-order valence-electron chi connectivity index (χ4n) is 4.70. The Bertz CT molecular complexity index is 495. The molecule has 4 nitrogen and oxygen atoms in total. The number of carbonyl (C=O) groups excluding carboxylic acids is 2. The number of allylic oxidation sites excluding steroid dienone is 3. The average molecular weight is 276 g/mol. The van der Waals surface area contributed by atoms with Crippen molar-refractivity contribution in [2.45, 2.75) is 38.9 Å². The monoisotopic (exact) mass is 276 g/mol. The van der Waals surface area contributed by atoms with Crippen molar-refractivity contribution in [2.24, 2.45) is 23.2 Å². The van der Waals surface area contributed by atoms with Gasteiger partial charge < -0.3 is 9.47 Å². The van der Waals surface area contributed by atoms with Crippen LogP contribution in [0.1, 0.15) is 26.7 Å². The molecule has 6 unspecified atom stereocenters. The minimum atomic E-state index is -0.341. The van der Waals surface area contributed by atoms with Gasteiger partial charge >= 0.3 is 11.9 Å². The highest BCUT2D eigenvalue weighted by molar-refractivity contribution is 5.68. The second-order valence-electron chi connectivity index (χ2n) is 6.13. The number of hydrogen-bond donors (Lipinski definition) is 0. The zero-order valence-electron chi connectivity index (χ0n) is 11.9. The van der Waals surface area contributed by atoms with Gasteiger partial charge in [0.25, 0.3) is 0 Å². The van der Waals surface area contributed by atoms with Gasteiger partial charge in [-0.25, -0.2) is 0 Å². The first-order chi connectivity index (χ1) is 9.50. The summed E-state index contributed by atoms with van der Waals surface area (Å²) in [6.45, 7) is 6.66. The van der Waals surface area contributed by atoms with Crippen molar-refractivity contribution in [2.75, 3.05) is 0 Å². The Hall–Kier alpha value is -1.58. The van der Waals surface area contributed by atoms with Crippen LogP contribution in [0, 0.1) is 23.2 Å². The molecule has 3 aliphatic carbocycles. The highest BCUT2D eigenvalue weighted by Gasteiger charge is 2.74. The van der Waals surface area contributed by atoms with E-state index in [9.17, 15) is 9.59 Å². The molecule has 2 fully saturated rings. The summed E-state index contributed by atoms with van der Waals surface area (Å²) < 4.78 is 11.0. The summed E-state index contributed by atoms with van der Waals surface area (Å²) in [4.78, 5) is 22.7. The molecule has 20 heavy (non-hydrogen) atoms. The van der Waals surface area contributed by atoms with Crippen LogP contribution in [0.15, 0.2) is 24.8 Å². The number of esters is 2. The predicted octanol–water partition coefficient (Wildman–Crippen LogP) is 2.25. The average Bonchev–Trinajstić information content (AvgIpc) is 2.91. The Morgan fingerprint density at radius 1 is 1.30 bits per heavy atom. The van der Waals surface area contributed by atoms with Crippen LogP contribution in [-0.4, -0.2) is 24.1 Å². The minimum absolute atomic E-state index is 0.118. The molecule has 0 heterocycles. The zero-order chi connectivity index (χ0) is 14.5. The second-order valence-corrected chi connectivity index (χ2v) is 6.13. The van der Waals surface area contributed by atoms with E-state index < -0.39 is 0 Å². The lowest BCUT2D eigenvalue weighted by atomic mass is 9.50. The number of fused-ring (bicyclic) bond motifs is 5. The maximum absolute atomic E-state index is 11.4. The molecule has 3 rings (SSSR count). The van der Waals surface area contributed by atoms with Gasteiger partial charge in [0.1, 0.15) is 12.2 Å². The molecular formula is C16H20O4. The number of ether oxygens (including phenoxy) is 2. The number of hydrogen-bond acceptors (Lipinski definition) is 4. The SMILES string of the molecule is C=CCC12C3C=CC(C3)C1C(OC(C)=O)C2OC(C)=O. The largest absolute Gasteiger partial charge is 0.458 e. The standard InChI is InChI=1S/C16H20O4/c1-4-7-16-12-6-5-11(8-12)13(16)14(19-9(2)17)15(16)20-10(3)18/h4-6,11-15H,1,7-8H2,2-3H3. The second kappa shape index (κ2) is 4.47. The van der Waals surface area contributed by atoms with Crippen LogP contribution in [0.5, 0.6) is 0 Å². The van der Waals surface area contributed by atoms with Gasteiger partial charge in [-0.05, 0) is 24.7 Å². The predicted molar refractivity (Wildman–Crippen MR) is 72.6 cm³/mol. The lowest BCUT2D eigenvalue weighted by Crippen LogP contribution is -2.68. The lowest BCUT2D eigenvalue weighted by molar-refractivity contribution is -0.247. The van der Waals surface area contributed by atoms with E-state index in [2.05, 4.69) is 18.7 Å². The van der Waals surface area contributed by atoms with Gasteiger partial charge in [0.05, 0.1) is 0 Å². The summed E-state index contributed by atoms with van der Waals surface area (Å²) in [6, 6.07) is 0. The number of rotatable bonds is 4. The molecule has 0 N–H and O–H groups in total. The van der Waals surface area contributed by atoms with E-state index in [1.54, 1.807) is 0 Å². The Kier molecular flexibility index (Phi) is 3.00. The molecule has 0 aromatic carbocycles. The van der Waals surface area contributed by atoms with E-state index in [4.69, 9.17) is 9.47 Å². The highest BCUT2D eigenvalue weighted by atomic mass is 16.6. The Morgan fingerprint density at radius 3 is 2.60 bits per heavy atom. The van der Waals surface area contributed by atoms with Crippen molar-refractivity contribution < 1.29 is 19.1 Å². The third-order valence-electron chi connectivity index (χ3n) is 5.16. The van der Waals surface area contributed by atoms with Gasteiger partial charge in [-0.3, -0.25) is 9.59 Å². The van der Waals surface area contributed by atoms with Crippen molar-refractivity contribution in [1.82, 2.24) is 0 Å². The number of carbonyl (C=O) groups is 2. The molecule has 108 valence electrons. The summed E-state index contributed by atoms with van der Waals surface area (Å²) in [7, 11) is 0. The molecule has 0 aromatic heterocycles. The van der Waals surface area contributed by atoms with Gasteiger partial charge in [0, 0.05) is 25.2 Å². The van der Waals surface area contributed by atoms with Gasteiger partial charge in [-0.2, -0.15) is 0 Å². The van der Waals surface area contributed by atoms with Crippen molar-refractivity contribution >= 4 is 11.9 Å². The molecular weight excluding hydrogens is 256 g/mol. The van der Waals surface area contributed by atoms with Crippen molar-refractivity contribution in [3.63, 3.8) is 0 Å². The topological polar surface area (TPSA) is 52.6 Å². The third kappa shape index (κ3) is 1.60. The summed E-state index contributed by atoms with van der Waals surface area (Å²) in [5, 5.41) is 0. The van der Waals surface area contributed by atoms with Crippen LogP contribution < -0.4 is 0 Å². The highest BCUT2D eigenvalue weighted by Crippen LogP contribution is 2.69. The molecule has 4 heteroatoms. The van der Waals surface area contributed by atoms with Gasteiger partial charge in [0.15, 0.2) is 0 Å². The molecule has 6 atom stereocenters. The van der Waals surface area contributed by atoms with Gasteiger partial charge in [-0.15, -0.1) is 6.58 Å². The molecule has 0 saturated heterocycles. The fraction of sp³-hybridized carbons (Fsp3) is 0.625. The third-order valence-corrected chi connectivity index (χ3v) is 5.16. The fourth-order valence-corrected chi connectivity index (χ4v) is 4.70. The summed E-state index contributed by atoms with van der Waals surface area (Å²) in [5.41, 5.74) is -0.118. The van der Waals surface area contributed by atoms with Crippen molar-refractivity contribution in [3.8, 4) is 0 Å². The maximum Gasteiger partial charge on any atom is 0.303 e. The first-order valence-electron chi connectivity index (χ1n) is 7.14. The molecule has 0 spiro atoms. The zero-order valence-corrected chi connectivity index (χ0v) is 11.9. The summed E-state index contributed by atoms with van der Waals surface area (Å²) in [5.74, 6) is 0.443. The minimum Gasteiger partial charge on any atom is -0.458 e. The van der Waals surface area contributed by atoms with Crippen molar-refractivity contribution in [3.05, 3.63) is 24.8 Å². The van der Waals surface area contributed by atoms with Gasteiger partial charge in [-0.1, -0.05) is 18.2 Å².